The highest BCUT2D eigenvalue weighted by Crippen LogP contribution is 2.44. The van der Waals surface area contributed by atoms with Gasteiger partial charge in [0, 0.05) is 19.4 Å². The number of rotatable bonds is 2. The van der Waals surface area contributed by atoms with Gasteiger partial charge in [-0.05, 0) is 18.4 Å². The second-order valence-corrected chi connectivity index (χ2v) is 6.46. The highest BCUT2D eigenvalue weighted by Gasteiger charge is 2.59. The van der Waals surface area contributed by atoms with E-state index in [1.807, 2.05) is 30.3 Å². The van der Waals surface area contributed by atoms with Crippen molar-refractivity contribution in [1.82, 2.24) is 4.90 Å². The fraction of sp³-hybridized carbons (Fsp3) is 0.588. The molecule has 1 spiro atoms. The first-order valence-electron chi connectivity index (χ1n) is 8.07. The molecule has 2 aliphatic heterocycles. The van der Waals surface area contributed by atoms with Crippen molar-refractivity contribution in [1.29, 1.82) is 0 Å². The summed E-state index contributed by atoms with van der Waals surface area (Å²) in [7, 11) is 0. The number of fused-ring (bicyclic) bond motifs is 1. The van der Waals surface area contributed by atoms with Crippen LogP contribution in [0.5, 0.6) is 0 Å². The van der Waals surface area contributed by atoms with Crippen molar-refractivity contribution in [3.63, 3.8) is 0 Å². The Morgan fingerprint density at radius 2 is 1.86 bits per heavy atom. The van der Waals surface area contributed by atoms with Crippen molar-refractivity contribution in [2.75, 3.05) is 0 Å². The SMILES string of the molecule is O=C1[C@@H]2OC3(CCCCC3)O[C@@H]2C(O)N1Cc1ccccc1. The number of carbonyl (C=O) groups is 1. The fourth-order valence-electron chi connectivity index (χ4n) is 3.79. The maximum absolute atomic E-state index is 12.6. The third-order valence-electron chi connectivity index (χ3n) is 4.94. The highest BCUT2D eigenvalue weighted by atomic mass is 16.8. The molecule has 5 nitrogen and oxygen atoms in total. The molecule has 22 heavy (non-hydrogen) atoms. The Bertz CT molecular complexity index is 555. The third kappa shape index (κ3) is 2.24. The summed E-state index contributed by atoms with van der Waals surface area (Å²) >= 11 is 0. The van der Waals surface area contributed by atoms with Crippen LogP contribution in [0.15, 0.2) is 30.3 Å². The number of nitrogens with zero attached hydrogens (tertiary/aromatic N) is 1. The molecule has 3 aliphatic rings. The molecule has 1 aromatic carbocycles. The molecule has 3 fully saturated rings. The van der Waals surface area contributed by atoms with Gasteiger partial charge in [-0.25, -0.2) is 0 Å². The lowest BCUT2D eigenvalue weighted by molar-refractivity contribution is -0.218. The first kappa shape index (κ1) is 14.2. The second kappa shape index (κ2) is 5.33. The van der Waals surface area contributed by atoms with Gasteiger partial charge < -0.3 is 19.5 Å². The number of benzene rings is 1. The minimum Gasteiger partial charge on any atom is -0.371 e. The maximum Gasteiger partial charge on any atom is 0.257 e. The Labute approximate surface area is 129 Å². The van der Waals surface area contributed by atoms with E-state index < -0.39 is 24.2 Å². The molecule has 3 atom stereocenters. The lowest BCUT2D eigenvalue weighted by Gasteiger charge is -2.34. The van der Waals surface area contributed by atoms with Gasteiger partial charge in [0.05, 0.1) is 0 Å². The fourth-order valence-corrected chi connectivity index (χ4v) is 3.79. The molecular formula is C17H21NO4. The van der Waals surface area contributed by atoms with E-state index in [1.165, 1.54) is 11.3 Å². The Morgan fingerprint density at radius 3 is 2.55 bits per heavy atom. The van der Waals surface area contributed by atoms with Crippen molar-refractivity contribution in [2.24, 2.45) is 0 Å². The van der Waals surface area contributed by atoms with E-state index in [0.29, 0.717) is 6.54 Å². The number of amides is 1. The summed E-state index contributed by atoms with van der Waals surface area (Å²) in [4.78, 5) is 14.0. The zero-order chi connectivity index (χ0) is 15.2. The predicted octanol–water partition coefficient (Wildman–Crippen LogP) is 1.79. The molecule has 2 saturated heterocycles. The quantitative estimate of drug-likeness (QED) is 0.905. The maximum atomic E-state index is 12.6. The summed E-state index contributed by atoms with van der Waals surface area (Å²) < 4.78 is 12.0. The molecule has 5 heteroatoms. The van der Waals surface area contributed by atoms with Gasteiger partial charge >= 0.3 is 0 Å². The number of aliphatic hydroxyl groups is 1. The predicted molar refractivity (Wildman–Crippen MR) is 78.6 cm³/mol. The zero-order valence-corrected chi connectivity index (χ0v) is 12.5. The van der Waals surface area contributed by atoms with Crippen LogP contribution in [0.1, 0.15) is 37.7 Å². The van der Waals surface area contributed by atoms with Crippen molar-refractivity contribution in [3.8, 4) is 0 Å². The summed E-state index contributed by atoms with van der Waals surface area (Å²) in [6.45, 7) is 0.382. The standard InChI is InChI=1S/C17H21NO4/c19-15-13-14(22-17(21-13)9-5-2-6-10-17)16(20)18(15)11-12-7-3-1-4-8-12/h1,3-4,7-8,13-15,19H,2,5-6,9-11H2/t13-,14+,15?/m0/s1. The zero-order valence-electron chi connectivity index (χ0n) is 12.5. The Balaban J connectivity index is 1.50. The molecule has 0 bridgehead atoms. The van der Waals surface area contributed by atoms with Gasteiger partial charge in [0.15, 0.2) is 18.1 Å². The normalized spacial score (nSPS) is 33.4. The van der Waals surface area contributed by atoms with Crippen LogP contribution in [0, 0.1) is 0 Å². The van der Waals surface area contributed by atoms with Crippen molar-refractivity contribution in [3.05, 3.63) is 35.9 Å². The van der Waals surface area contributed by atoms with Crippen LogP contribution >= 0.6 is 0 Å². The molecule has 1 N–H and O–H groups in total. The summed E-state index contributed by atoms with van der Waals surface area (Å²) in [5, 5.41) is 10.5. The summed E-state index contributed by atoms with van der Waals surface area (Å²) in [5.74, 6) is -0.799. The molecule has 118 valence electrons. The largest absolute Gasteiger partial charge is 0.371 e. The van der Waals surface area contributed by atoms with Gasteiger partial charge in [0.1, 0.15) is 6.10 Å². The minimum absolute atomic E-state index is 0.163. The first-order valence-corrected chi connectivity index (χ1v) is 8.07. The van der Waals surface area contributed by atoms with Crippen LogP contribution in [0.2, 0.25) is 0 Å². The van der Waals surface area contributed by atoms with Crippen LogP contribution in [-0.2, 0) is 20.8 Å². The average molecular weight is 303 g/mol. The number of ether oxygens (including phenoxy) is 2. The molecule has 1 aromatic rings. The molecule has 1 amide bonds. The number of hydrogen-bond acceptors (Lipinski definition) is 4. The summed E-state index contributed by atoms with van der Waals surface area (Å²) in [5.41, 5.74) is 0.988. The van der Waals surface area contributed by atoms with Crippen LogP contribution in [0.4, 0.5) is 0 Å². The van der Waals surface area contributed by atoms with Gasteiger partial charge in [-0.3, -0.25) is 4.79 Å². The van der Waals surface area contributed by atoms with E-state index in [1.54, 1.807) is 0 Å². The second-order valence-electron chi connectivity index (χ2n) is 6.46. The van der Waals surface area contributed by atoms with Crippen LogP contribution in [0.25, 0.3) is 0 Å². The molecule has 1 aliphatic carbocycles. The Kier molecular flexibility index (Phi) is 3.44. The Hall–Kier alpha value is -1.43. The topological polar surface area (TPSA) is 59.0 Å². The van der Waals surface area contributed by atoms with E-state index in [0.717, 1.165) is 31.2 Å². The molecule has 2 heterocycles. The van der Waals surface area contributed by atoms with Gasteiger partial charge in [-0.2, -0.15) is 0 Å². The van der Waals surface area contributed by atoms with E-state index >= 15 is 0 Å². The number of carbonyl (C=O) groups excluding carboxylic acids is 1. The average Bonchev–Trinajstić information content (AvgIpc) is 3.00. The van der Waals surface area contributed by atoms with Gasteiger partial charge in [-0.1, -0.05) is 36.8 Å². The Morgan fingerprint density at radius 1 is 1.14 bits per heavy atom. The lowest BCUT2D eigenvalue weighted by atomic mass is 9.94. The smallest absolute Gasteiger partial charge is 0.257 e. The highest BCUT2D eigenvalue weighted by molar-refractivity contribution is 5.85. The summed E-state index contributed by atoms with van der Waals surface area (Å²) in [6.07, 6.45) is 2.78. The molecule has 0 radical (unpaired) electrons. The minimum atomic E-state index is -0.931. The number of aliphatic hydroxyl groups excluding tert-OH is 1. The number of likely N-dealkylation sites (tertiary alicyclic amines) is 1. The van der Waals surface area contributed by atoms with Crippen molar-refractivity contribution >= 4 is 5.91 Å². The van der Waals surface area contributed by atoms with Crippen LogP contribution in [0.3, 0.4) is 0 Å². The third-order valence-corrected chi connectivity index (χ3v) is 4.94. The molecule has 1 unspecified atom stereocenters. The monoisotopic (exact) mass is 303 g/mol. The van der Waals surface area contributed by atoms with Gasteiger partial charge in [0.25, 0.3) is 5.91 Å². The van der Waals surface area contributed by atoms with E-state index in [9.17, 15) is 9.90 Å². The first-order chi connectivity index (χ1) is 10.7. The van der Waals surface area contributed by atoms with Gasteiger partial charge in [-0.15, -0.1) is 0 Å². The number of hydrogen-bond donors (Lipinski definition) is 1. The van der Waals surface area contributed by atoms with Crippen LogP contribution < -0.4 is 0 Å². The molecule has 4 rings (SSSR count). The lowest BCUT2D eigenvalue weighted by Crippen LogP contribution is -2.42. The summed E-state index contributed by atoms with van der Waals surface area (Å²) in [6, 6.07) is 9.66. The van der Waals surface area contributed by atoms with Gasteiger partial charge in [0.2, 0.25) is 0 Å². The van der Waals surface area contributed by atoms with E-state index in [4.69, 9.17) is 9.47 Å². The van der Waals surface area contributed by atoms with E-state index in [2.05, 4.69) is 0 Å². The van der Waals surface area contributed by atoms with E-state index in [-0.39, 0.29) is 5.91 Å². The van der Waals surface area contributed by atoms with Crippen molar-refractivity contribution in [2.45, 2.75) is 62.9 Å². The molecular weight excluding hydrogens is 282 g/mol. The van der Waals surface area contributed by atoms with Crippen molar-refractivity contribution < 1.29 is 19.4 Å². The molecule has 1 saturated carbocycles. The van der Waals surface area contributed by atoms with Crippen LogP contribution in [-0.4, -0.2) is 40.1 Å². The molecule has 0 aromatic heterocycles.